The van der Waals surface area contributed by atoms with Crippen molar-refractivity contribution in [2.45, 2.75) is 6.54 Å². The van der Waals surface area contributed by atoms with Gasteiger partial charge < -0.3 is 5.73 Å². The molecule has 0 aliphatic carbocycles. The molecule has 3 N–H and O–H groups in total. The van der Waals surface area contributed by atoms with Gasteiger partial charge in [0.2, 0.25) is 0 Å². The number of rotatable bonds is 3. The van der Waals surface area contributed by atoms with Gasteiger partial charge in [-0.2, -0.15) is 0 Å². The van der Waals surface area contributed by atoms with Gasteiger partial charge in [-0.15, -0.1) is 0 Å². The van der Waals surface area contributed by atoms with E-state index in [1.165, 1.54) is 6.07 Å². The number of hydrogen-bond donors (Lipinski definition) is 2. The molecule has 1 aliphatic rings. The Morgan fingerprint density at radius 3 is 2.58 bits per heavy atom. The Labute approximate surface area is 111 Å². The summed E-state index contributed by atoms with van der Waals surface area (Å²) in [5, 5.41) is 7.29. The summed E-state index contributed by atoms with van der Waals surface area (Å²) < 4.78 is 36.7. The Morgan fingerprint density at radius 2 is 2.00 bits per heavy atom. The molecule has 104 valence electrons. The zero-order valence-corrected chi connectivity index (χ0v) is 11.2. The molecular formula is C12H16FN3O2S. The van der Waals surface area contributed by atoms with Crippen LogP contribution in [0.2, 0.25) is 0 Å². The highest BCUT2D eigenvalue weighted by molar-refractivity contribution is 7.91. The first kappa shape index (κ1) is 14.0. The standard InChI is InChI=1S/C12H16FN3O2S/c13-11-9(2-1-3-10(11)12(14)15)8-16-4-6-19(17,18)7-5-16/h1-3H,4-8H2,(H3,14,15). The highest BCUT2D eigenvalue weighted by Gasteiger charge is 2.22. The summed E-state index contributed by atoms with van der Waals surface area (Å²) in [5.41, 5.74) is 5.82. The van der Waals surface area contributed by atoms with Crippen molar-refractivity contribution in [3.05, 3.63) is 35.1 Å². The highest BCUT2D eigenvalue weighted by Crippen LogP contribution is 2.16. The molecule has 1 aliphatic heterocycles. The number of halogens is 1. The van der Waals surface area contributed by atoms with E-state index in [9.17, 15) is 12.8 Å². The molecule has 0 spiro atoms. The maximum Gasteiger partial charge on any atom is 0.152 e. The topological polar surface area (TPSA) is 87.2 Å². The second-order valence-electron chi connectivity index (χ2n) is 4.62. The van der Waals surface area contributed by atoms with Crippen molar-refractivity contribution in [1.29, 1.82) is 5.41 Å². The molecule has 0 radical (unpaired) electrons. The van der Waals surface area contributed by atoms with E-state index in [1.807, 2.05) is 4.90 Å². The quantitative estimate of drug-likeness (QED) is 0.619. The van der Waals surface area contributed by atoms with E-state index < -0.39 is 15.7 Å². The second kappa shape index (κ2) is 5.26. The Kier molecular flexibility index (Phi) is 3.86. The van der Waals surface area contributed by atoms with Gasteiger partial charge in [0.15, 0.2) is 9.84 Å². The van der Waals surface area contributed by atoms with Crippen LogP contribution in [0.4, 0.5) is 4.39 Å². The van der Waals surface area contributed by atoms with E-state index >= 15 is 0 Å². The van der Waals surface area contributed by atoms with Crippen molar-refractivity contribution in [2.75, 3.05) is 24.6 Å². The second-order valence-corrected chi connectivity index (χ2v) is 6.92. The van der Waals surface area contributed by atoms with Gasteiger partial charge in [0.05, 0.1) is 17.1 Å². The first-order valence-corrected chi connectivity index (χ1v) is 7.76. The molecule has 1 heterocycles. The highest BCUT2D eigenvalue weighted by atomic mass is 32.2. The van der Waals surface area contributed by atoms with E-state index in [1.54, 1.807) is 12.1 Å². The van der Waals surface area contributed by atoms with Crippen LogP contribution in [0, 0.1) is 11.2 Å². The molecule has 1 fully saturated rings. The van der Waals surface area contributed by atoms with Crippen molar-refractivity contribution < 1.29 is 12.8 Å². The maximum atomic E-state index is 14.1. The van der Waals surface area contributed by atoms with E-state index in [0.29, 0.717) is 25.2 Å². The summed E-state index contributed by atoms with van der Waals surface area (Å²) >= 11 is 0. The Hall–Kier alpha value is -1.47. The summed E-state index contributed by atoms with van der Waals surface area (Å²) in [4.78, 5) is 1.89. The van der Waals surface area contributed by atoms with E-state index in [-0.39, 0.29) is 22.9 Å². The van der Waals surface area contributed by atoms with Crippen LogP contribution in [0.3, 0.4) is 0 Å². The molecule has 7 heteroatoms. The monoisotopic (exact) mass is 285 g/mol. The predicted molar refractivity (Wildman–Crippen MR) is 71.3 cm³/mol. The van der Waals surface area contributed by atoms with Gasteiger partial charge in [-0.3, -0.25) is 10.3 Å². The zero-order valence-electron chi connectivity index (χ0n) is 10.4. The smallest absolute Gasteiger partial charge is 0.152 e. The van der Waals surface area contributed by atoms with Crippen molar-refractivity contribution in [3.8, 4) is 0 Å². The summed E-state index contributed by atoms with van der Waals surface area (Å²) in [6.07, 6.45) is 0. The molecule has 0 aromatic heterocycles. The van der Waals surface area contributed by atoms with Gasteiger partial charge in [-0.1, -0.05) is 12.1 Å². The van der Waals surface area contributed by atoms with Crippen LogP contribution in [-0.2, 0) is 16.4 Å². The molecule has 0 amide bonds. The maximum absolute atomic E-state index is 14.1. The number of nitrogen functional groups attached to an aromatic ring is 1. The lowest BCUT2D eigenvalue weighted by molar-refractivity contribution is 0.283. The zero-order chi connectivity index (χ0) is 14.0. The molecule has 0 atom stereocenters. The van der Waals surface area contributed by atoms with Crippen LogP contribution in [0.5, 0.6) is 0 Å². The lowest BCUT2D eigenvalue weighted by Gasteiger charge is -2.26. The van der Waals surface area contributed by atoms with E-state index in [0.717, 1.165) is 0 Å². The summed E-state index contributed by atoms with van der Waals surface area (Å²) in [5.74, 6) is -0.578. The minimum atomic E-state index is -2.93. The number of nitrogens with two attached hydrogens (primary N) is 1. The van der Waals surface area contributed by atoms with Crippen molar-refractivity contribution in [1.82, 2.24) is 4.90 Å². The SMILES string of the molecule is N=C(N)c1cccc(CN2CCS(=O)(=O)CC2)c1F. The third-order valence-electron chi connectivity index (χ3n) is 3.20. The van der Waals surface area contributed by atoms with Gasteiger partial charge in [0.25, 0.3) is 0 Å². The number of amidine groups is 1. The normalized spacial score (nSPS) is 19.2. The molecule has 5 nitrogen and oxygen atoms in total. The molecule has 0 saturated carbocycles. The molecule has 19 heavy (non-hydrogen) atoms. The van der Waals surface area contributed by atoms with Crippen molar-refractivity contribution >= 4 is 15.7 Å². The number of nitrogens with one attached hydrogen (secondary N) is 1. The number of hydrogen-bond acceptors (Lipinski definition) is 4. The average molecular weight is 285 g/mol. The minimum Gasteiger partial charge on any atom is -0.384 e. The molecule has 2 rings (SSSR count). The molecular weight excluding hydrogens is 269 g/mol. The number of nitrogens with zero attached hydrogens (tertiary/aromatic N) is 1. The first-order valence-electron chi connectivity index (χ1n) is 5.93. The van der Waals surface area contributed by atoms with Crippen LogP contribution in [0.15, 0.2) is 18.2 Å². The molecule has 0 unspecified atom stereocenters. The summed E-state index contributed by atoms with van der Waals surface area (Å²) in [6, 6.07) is 4.74. The predicted octanol–water partition coefficient (Wildman–Crippen LogP) is 0.340. The third kappa shape index (κ3) is 3.30. The van der Waals surface area contributed by atoms with Crippen molar-refractivity contribution in [3.63, 3.8) is 0 Å². The minimum absolute atomic E-state index is 0.0853. The summed E-state index contributed by atoms with van der Waals surface area (Å²) in [7, 11) is -2.93. The first-order chi connectivity index (χ1) is 8.89. The number of benzene rings is 1. The van der Waals surface area contributed by atoms with Crippen LogP contribution < -0.4 is 5.73 Å². The fourth-order valence-corrected chi connectivity index (χ4v) is 3.34. The van der Waals surface area contributed by atoms with Gasteiger partial charge in [-0.25, -0.2) is 12.8 Å². The van der Waals surface area contributed by atoms with Gasteiger partial charge in [0, 0.05) is 25.2 Å². The average Bonchev–Trinajstić information content (AvgIpc) is 2.34. The number of sulfone groups is 1. The van der Waals surface area contributed by atoms with E-state index in [2.05, 4.69) is 0 Å². The van der Waals surface area contributed by atoms with Gasteiger partial charge in [-0.05, 0) is 6.07 Å². The fraction of sp³-hybridized carbons (Fsp3) is 0.417. The molecule has 1 aromatic carbocycles. The van der Waals surface area contributed by atoms with Gasteiger partial charge >= 0.3 is 0 Å². The largest absolute Gasteiger partial charge is 0.384 e. The lowest BCUT2D eigenvalue weighted by atomic mass is 10.1. The lowest BCUT2D eigenvalue weighted by Crippen LogP contribution is -2.39. The summed E-state index contributed by atoms with van der Waals surface area (Å²) in [6.45, 7) is 1.15. The van der Waals surface area contributed by atoms with Crippen LogP contribution in [-0.4, -0.2) is 43.7 Å². The van der Waals surface area contributed by atoms with Crippen LogP contribution in [0.1, 0.15) is 11.1 Å². The molecule has 1 saturated heterocycles. The van der Waals surface area contributed by atoms with E-state index in [4.69, 9.17) is 11.1 Å². The third-order valence-corrected chi connectivity index (χ3v) is 4.81. The molecule has 1 aromatic rings. The van der Waals surface area contributed by atoms with Crippen LogP contribution >= 0.6 is 0 Å². The Morgan fingerprint density at radius 1 is 1.37 bits per heavy atom. The Balaban J connectivity index is 2.12. The van der Waals surface area contributed by atoms with Gasteiger partial charge in [0.1, 0.15) is 11.7 Å². The van der Waals surface area contributed by atoms with Crippen LogP contribution in [0.25, 0.3) is 0 Å². The fourth-order valence-electron chi connectivity index (χ4n) is 2.06. The van der Waals surface area contributed by atoms with Crippen molar-refractivity contribution in [2.24, 2.45) is 5.73 Å². The molecule has 0 bridgehead atoms. The Bertz CT molecular complexity index is 587.